The summed E-state index contributed by atoms with van der Waals surface area (Å²) in [5.41, 5.74) is 2.30. The molecule has 3 aliphatic heterocycles. The van der Waals surface area contributed by atoms with Crippen molar-refractivity contribution in [1.82, 2.24) is 25.8 Å². The lowest BCUT2D eigenvalue weighted by Crippen LogP contribution is -2.52. The van der Waals surface area contributed by atoms with Crippen molar-refractivity contribution in [2.75, 3.05) is 5.32 Å². The normalized spacial score (nSPS) is 23.6. The number of anilines is 1. The summed E-state index contributed by atoms with van der Waals surface area (Å²) in [6.07, 6.45) is -1.32. The van der Waals surface area contributed by atoms with Crippen LogP contribution in [0, 0.1) is 11.8 Å². The Morgan fingerprint density at radius 3 is 2.64 bits per heavy atom. The van der Waals surface area contributed by atoms with Gasteiger partial charge in [-0.25, -0.2) is 4.98 Å². The predicted octanol–water partition coefficient (Wildman–Crippen LogP) is 2.89. The number of nitrogens with zero attached hydrogens (tertiary/aromatic N) is 3. The Morgan fingerprint density at radius 1 is 1.11 bits per heavy atom. The van der Waals surface area contributed by atoms with E-state index in [9.17, 15) is 19.5 Å². The summed E-state index contributed by atoms with van der Waals surface area (Å²) in [5, 5.41) is 23.5. The van der Waals surface area contributed by atoms with Crippen LogP contribution in [0.3, 0.4) is 0 Å². The molecule has 45 heavy (non-hydrogen) atoms. The molecule has 2 amide bonds. The van der Waals surface area contributed by atoms with Gasteiger partial charge < -0.3 is 34.7 Å². The number of carbonyl (C=O) groups is 3. The summed E-state index contributed by atoms with van der Waals surface area (Å²) < 4.78 is 18.7. The van der Waals surface area contributed by atoms with Crippen molar-refractivity contribution < 1.29 is 33.2 Å². The van der Waals surface area contributed by atoms with Crippen LogP contribution in [0.5, 0.6) is 5.75 Å². The number of aldehydes is 1. The van der Waals surface area contributed by atoms with Gasteiger partial charge in [-0.05, 0) is 35.1 Å². The highest BCUT2D eigenvalue weighted by Gasteiger charge is 2.61. The molecule has 0 saturated carbocycles. The number of aromatic nitrogens is 3. The first-order chi connectivity index (χ1) is 21.6. The molecule has 232 valence electrons. The van der Waals surface area contributed by atoms with Crippen molar-refractivity contribution in [3.63, 3.8) is 0 Å². The van der Waals surface area contributed by atoms with Gasteiger partial charge in [-0.15, -0.1) is 0 Å². The highest BCUT2D eigenvalue weighted by molar-refractivity contribution is 5.90. The minimum Gasteiger partial charge on any atom is -0.469 e. The summed E-state index contributed by atoms with van der Waals surface area (Å²) in [6, 6.07) is 11.6. The Labute approximate surface area is 257 Å². The van der Waals surface area contributed by atoms with Crippen LogP contribution in [0.15, 0.2) is 51.4 Å². The molecule has 2 aromatic heterocycles. The molecular formula is C32H32N6O7. The van der Waals surface area contributed by atoms with E-state index in [0.717, 1.165) is 22.4 Å². The van der Waals surface area contributed by atoms with Crippen LogP contribution in [0.2, 0.25) is 0 Å². The number of fused-ring (bicyclic) bond motifs is 4. The quantitative estimate of drug-likeness (QED) is 0.235. The number of oxazole rings is 1. The third-order valence-electron chi connectivity index (χ3n) is 8.70. The van der Waals surface area contributed by atoms with Gasteiger partial charge in [-0.2, -0.15) is 4.98 Å². The zero-order chi connectivity index (χ0) is 31.6. The summed E-state index contributed by atoms with van der Waals surface area (Å²) in [7, 11) is 0. The number of hydrogen-bond donors (Lipinski definition) is 4. The highest BCUT2D eigenvalue weighted by atomic mass is 16.5. The van der Waals surface area contributed by atoms with E-state index >= 15 is 0 Å². The number of aliphatic hydroxyl groups excluding tert-OH is 1. The topological polar surface area (TPSA) is 182 Å². The summed E-state index contributed by atoms with van der Waals surface area (Å²) in [6.45, 7) is 7.26. The number of benzene rings is 2. The average Bonchev–Trinajstić information content (AvgIpc) is 3.79. The van der Waals surface area contributed by atoms with E-state index in [0.29, 0.717) is 17.8 Å². The van der Waals surface area contributed by atoms with Gasteiger partial charge in [-0.1, -0.05) is 63.2 Å². The SMILES string of the molecule is CC(C)[C@H](O)C(=O)N[C@H]1Cc2ccc3c(c2)C2(c4ccccc4NC2O3)c2oc(nc2-c2nc(C=O)no2)[C@H](C(C)C)NC1=O. The fraction of sp³-hybridized carbons (Fsp3) is 0.375. The molecular weight excluding hydrogens is 580 g/mol. The molecule has 2 aromatic carbocycles. The molecule has 5 heterocycles. The van der Waals surface area contributed by atoms with Crippen LogP contribution in [0.25, 0.3) is 11.6 Å². The van der Waals surface area contributed by atoms with Crippen LogP contribution in [-0.4, -0.2) is 56.7 Å². The Kier molecular flexibility index (Phi) is 6.73. The van der Waals surface area contributed by atoms with Crippen molar-refractivity contribution in [1.29, 1.82) is 0 Å². The van der Waals surface area contributed by atoms with E-state index in [2.05, 4.69) is 26.1 Å². The largest absolute Gasteiger partial charge is 0.469 e. The van der Waals surface area contributed by atoms with Crippen molar-refractivity contribution in [3.05, 3.63) is 76.6 Å². The molecule has 4 bridgehead atoms. The van der Waals surface area contributed by atoms with Crippen LogP contribution in [0.1, 0.15) is 72.7 Å². The molecule has 0 radical (unpaired) electrons. The first kappa shape index (κ1) is 28.7. The molecule has 0 saturated heterocycles. The summed E-state index contributed by atoms with van der Waals surface area (Å²) >= 11 is 0. The molecule has 1 spiro atoms. The number of para-hydroxylation sites is 1. The second kappa shape index (κ2) is 10.5. The van der Waals surface area contributed by atoms with E-state index in [4.69, 9.17) is 18.7 Å². The first-order valence-electron chi connectivity index (χ1n) is 14.9. The molecule has 0 fully saturated rings. The maximum atomic E-state index is 13.9. The minimum atomic E-state index is -1.29. The molecule has 3 aliphatic rings. The van der Waals surface area contributed by atoms with Crippen LogP contribution in [0.4, 0.5) is 5.69 Å². The number of nitrogens with one attached hydrogen (secondary N) is 3. The van der Waals surface area contributed by atoms with Crippen molar-refractivity contribution in [3.8, 4) is 17.3 Å². The molecule has 13 nitrogen and oxygen atoms in total. The fourth-order valence-electron chi connectivity index (χ4n) is 6.39. The monoisotopic (exact) mass is 612 g/mol. The molecule has 4 aromatic rings. The van der Waals surface area contributed by atoms with E-state index in [1.54, 1.807) is 13.8 Å². The standard InChI is InChI=1S/C32H32N6O7/c1-14(2)23-29-37-24(30-35-22(13-39)38-45-30)26(44-29)32-17-7-5-6-8-19(17)34-31(32)43-21-10-9-16(11-18(21)32)12-20(27(41)36-23)33-28(42)25(40)15(3)4/h5-11,13-15,20,23,25,31,34,40H,12H2,1-4H3,(H,33,42)(H,36,41)/t20-,23-,25-,31?,32?/m0/s1. The van der Waals surface area contributed by atoms with Gasteiger partial charge in [0, 0.05) is 17.7 Å². The number of aliphatic hydroxyl groups is 1. The molecule has 5 atom stereocenters. The fourth-order valence-corrected chi connectivity index (χ4v) is 6.39. The molecule has 13 heteroatoms. The van der Waals surface area contributed by atoms with Crippen LogP contribution >= 0.6 is 0 Å². The lowest BCUT2D eigenvalue weighted by atomic mass is 9.72. The van der Waals surface area contributed by atoms with Gasteiger partial charge in [0.1, 0.15) is 29.4 Å². The van der Waals surface area contributed by atoms with E-state index < -0.39 is 41.6 Å². The molecule has 2 unspecified atom stereocenters. The Morgan fingerprint density at radius 2 is 1.91 bits per heavy atom. The van der Waals surface area contributed by atoms with Crippen molar-refractivity contribution in [2.24, 2.45) is 11.8 Å². The van der Waals surface area contributed by atoms with Gasteiger partial charge >= 0.3 is 0 Å². The van der Waals surface area contributed by atoms with Gasteiger partial charge in [0.15, 0.2) is 24.0 Å². The number of carbonyl (C=O) groups excluding carboxylic acids is 3. The zero-order valence-corrected chi connectivity index (χ0v) is 25.0. The van der Waals surface area contributed by atoms with Gasteiger partial charge in [0.2, 0.25) is 23.5 Å². The predicted molar refractivity (Wildman–Crippen MR) is 158 cm³/mol. The van der Waals surface area contributed by atoms with Crippen LogP contribution < -0.4 is 20.7 Å². The van der Waals surface area contributed by atoms with Gasteiger partial charge in [-0.3, -0.25) is 14.4 Å². The number of ether oxygens (including phenoxy) is 1. The van der Waals surface area contributed by atoms with E-state index in [-0.39, 0.29) is 41.6 Å². The van der Waals surface area contributed by atoms with E-state index in [1.807, 2.05) is 56.3 Å². The van der Waals surface area contributed by atoms with Gasteiger partial charge in [0.05, 0.1) is 0 Å². The smallest absolute Gasteiger partial charge is 0.280 e. The van der Waals surface area contributed by atoms with Crippen LogP contribution in [-0.2, 0) is 21.4 Å². The molecule has 7 rings (SSSR count). The van der Waals surface area contributed by atoms with Gasteiger partial charge in [0.25, 0.3) is 5.89 Å². The summed E-state index contributed by atoms with van der Waals surface area (Å²) in [5.74, 6) is -0.746. The minimum absolute atomic E-state index is 0.0271. The third-order valence-corrected chi connectivity index (χ3v) is 8.70. The lowest BCUT2D eigenvalue weighted by Gasteiger charge is -2.29. The number of amides is 2. The second-order valence-corrected chi connectivity index (χ2v) is 12.3. The second-order valence-electron chi connectivity index (χ2n) is 12.3. The van der Waals surface area contributed by atoms with Crippen molar-refractivity contribution in [2.45, 2.75) is 63.9 Å². The maximum absolute atomic E-state index is 13.9. The number of hydrogen-bond acceptors (Lipinski definition) is 11. The molecule has 0 aliphatic carbocycles. The number of rotatable bonds is 6. The average molecular weight is 613 g/mol. The Hall–Kier alpha value is -5.04. The molecule has 4 N–H and O–H groups in total. The lowest BCUT2D eigenvalue weighted by molar-refractivity contribution is -0.135. The Bertz CT molecular complexity index is 1830. The summed E-state index contributed by atoms with van der Waals surface area (Å²) in [4.78, 5) is 47.5. The Balaban J connectivity index is 1.48. The zero-order valence-electron chi connectivity index (χ0n) is 25.0. The van der Waals surface area contributed by atoms with Crippen molar-refractivity contribution >= 4 is 23.8 Å². The van der Waals surface area contributed by atoms with E-state index in [1.165, 1.54) is 0 Å². The highest BCUT2D eigenvalue weighted by Crippen LogP contribution is 2.59. The maximum Gasteiger partial charge on any atom is 0.280 e. The third kappa shape index (κ3) is 4.40. The first-order valence-corrected chi connectivity index (χ1v) is 14.9.